The third-order valence-electron chi connectivity index (χ3n) is 4.74. The highest BCUT2D eigenvalue weighted by Gasteiger charge is 2.26. The average molecular weight is 429 g/mol. The fourth-order valence-corrected chi connectivity index (χ4v) is 3.74. The van der Waals surface area contributed by atoms with Crippen LogP contribution in [0.4, 0.5) is 10.1 Å². The van der Waals surface area contributed by atoms with Gasteiger partial charge in [0.05, 0.1) is 23.1 Å². The van der Waals surface area contributed by atoms with Gasteiger partial charge in [0.25, 0.3) is 5.91 Å². The van der Waals surface area contributed by atoms with E-state index in [1.807, 2.05) is 35.2 Å². The second kappa shape index (κ2) is 7.52. The van der Waals surface area contributed by atoms with Crippen molar-refractivity contribution in [3.63, 3.8) is 0 Å². The lowest BCUT2D eigenvalue weighted by atomic mass is 10.1. The number of H-pyrrole nitrogens is 1. The number of nitrogens with one attached hydrogen (secondary N) is 1. The number of para-hydroxylation sites is 1. The van der Waals surface area contributed by atoms with Crippen LogP contribution in [-0.4, -0.2) is 47.2 Å². The molecule has 2 aromatic carbocycles. The SMILES string of the molecule is O=C(c1cn[nH]c1-c1cccc(Br)c1)N1CCN(c2ccccc2F)CC1. The van der Waals surface area contributed by atoms with Gasteiger partial charge >= 0.3 is 0 Å². The van der Waals surface area contributed by atoms with Crippen molar-refractivity contribution >= 4 is 27.5 Å². The van der Waals surface area contributed by atoms with Gasteiger partial charge in [0, 0.05) is 36.2 Å². The number of hydrogen-bond donors (Lipinski definition) is 1. The van der Waals surface area contributed by atoms with Crippen LogP contribution in [0.5, 0.6) is 0 Å². The molecule has 5 nitrogen and oxygen atoms in total. The molecule has 1 saturated heterocycles. The van der Waals surface area contributed by atoms with Crippen molar-refractivity contribution in [1.29, 1.82) is 0 Å². The van der Waals surface area contributed by atoms with Crippen molar-refractivity contribution < 1.29 is 9.18 Å². The zero-order chi connectivity index (χ0) is 18.8. The molecular weight excluding hydrogens is 411 g/mol. The first-order chi connectivity index (χ1) is 13.1. The number of piperazine rings is 1. The van der Waals surface area contributed by atoms with Crippen LogP contribution < -0.4 is 4.90 Å². The molecule has 0 unspecified atom stereocenters. The van der Waals surface area contributed by atoms with Crippen LogP contribution in [0.15, 0.2) is 59.2 Å². The van der Waals surface area contributed by atoms with Gasteiger partial charge in [0.1, 0.15) is 5.82 Å². The number of anilines is 1. The summed E-state index contributed by atoms with van der Waals surface area (Å²) in [5, 5.41) is 7.00. The maximum atomic E-state index is 14.0. The maximum Gasteiger partial charge on any atom is 0.257 e. The Kier molecular flexibility index (Phi) is 4.94. The molecule has 7 heteroatoms. The molecule has 138 valence electrons. The molecule has 1 amide bonds. The van der Waals surface area contributed by atoms with Gasteiger partial charge in [0.2, 0.25) is 0 Å². The molecule has 1 fully saturated rings. The normalized spacial score (nSPS) is 14.4. The summed E-state index contributed by atoms with van der Waals surface area (Å²) in [6.07, 6.45) is 1.57. The molecule has 2 heterocycles. The summed E-state index contributed by atoms with van der Waals surface area (Å²) in [5.74, 6) is -0.295. The number of amides is 1. The van der Waals surface area contributed by atoms with E-state index in [1.165, 1.54) is 6.07 Å². The summed E-state index contributed by atoms with van der Waals surface area (Å²) >= 11 is 3.45. The van der Waals surface area contributed by atoms with Crippen LogP contribution in [0.25, 0.3) is 11.3 Å². The Hall–Kier alpha value is -2.67. The minimum Gasteiger partial charge on any atom is -0.366 e. The highest BCUT2D eigenvalue weighted by atomic mass is 79.9. The van der Waals surface area contributed by atoms with Gasteiger partial charge in [-0.1, -0.05) is 40.2 Å². The van der Waals surface area contributed by atoms with Crippen molar-refractivity contribution in [3.8, 4) is 11.3 Å². The van der Waals surface area contributed by atoms with E-state index >= 15 is 0 Å². The molecule has 0 aliphatic carbocycles. The van der Waals surface area contributed by atoms with Crippen LogP contribution in [0.1, 0.15) is 10.4 Å². The minimum atomic E-state index is -0.232. The monoisotopic (exact) mass is 428 g/mol. The molecule has 0 bridgehead atoms. The number of aromatic nitrogens is 2. The van der Waals surface area contributed by atoms with Crippen molar-refractivity contribution in [2.45, 2.75) is 0 Å². The van der Waals surface area contributed by atoms with Gasteiger partial charge < -0.3 is 9.80 Å². The molecule has 3 aromatic rings. The molecule has 27 heavy (non-hydrogen) atoms. The Labute approximate surface area is 164 Å². The molecule has 1 aliphatic heterocycles. The smallest absolute Gasteiger partial charge is 0.257 e. The van der Waals surface area contributed by atoms with Crippen LogP contribution in [-0.2, 0) is 0 Å². The maximum absolute atomic E-state index is 14.0. The molecule has 0 spiro atoms. The number of nitrogens with zero attached hydrogens (tertiary/aromatic N) is 3. The number of carbonyl (C=O) groups excluding carboxylic acids is 1. The average Bonchev–Trinajstić information content (AvgIpc) is 3.18. The van der Waals surface area contributed by atoms with Crippen LogP contribution in [0.3, 0.4) is 0 Å². The molecule has 0 radical (unpaired) electrons. The van der Waals surface area contributed by atoms with Gasteiger partial charge in [-0.25, -0.2) is 4.39 Å². The number of rotatable bonds is 3. The van der Waals surface area contributed by atoms with Crippen molar-refractivity contribution in [2.24, 2.45) is 0 Å². The molecule has 1 aromatic heterocycles. The van der Waals surface area contributed by atoms with E-state index in [0.29, 0.717) is 43.1 Å². The lowest BCUT2D eigenvalue weighted by molar-refractivity contribution is 0.0747. The van der Waals surface area contributed by atoms with Crippen molar-refractivity contribution in [3.05, 3.63) is 70.6 Å². The number of halogens is 2. The van der Waals surface area contributed by atoms with E-state index in [9.17, 15) is 9.18 Å². The third kappa shape index (κ3) is 3.60. The summed E-state index contributed by atoms with van der Waals surface area (Å²) in [6, 6.07) is 14.5. The Morgan fingerprint density at radius 2 is 1.85 bits per heavy atom. The number of benzene rings is 2. The van der Waals surface area contributed by atoms with Gasteiger partial charge in [-0.2, -0.15) is 5.10 Å². The first kappa shape index (κ1) is 17.7. The van der Waals surface area contributed by atoms with E-state index in [0.717, 1.165) is 10.0 Å². The second-order valence-electron chi connectivity index (χ2n) is 6.40. The Bertz CT molecular complexity index is 966. The predicted octanol–water partition coefficient (Wildman–Crippen LogP) is 3.94. The number of carbonyl (C=O) groups is 1. The second-order valence-corrected chi connectivity index (χ2v) is 7.32. The van der Waals surface area contributed by atoms with Gasteiger partial charge in [-0.3, -0.25) is 9.89 Å². The molecule has 4 rings (SSSR count). The lowest BCUT2D eigenvalue weighted by Crippen LogP contribution is -2.49. The first-order valence-corrected chi connectivity index (χ1v) is 9.51. The first-order valence-electron chi connectivity index (χ1n) is 8.71. The Morgan fingerprint density at radius 1 is 1.07 bits per heavy atom. The predicted molar refractivity (Wildman–Crippen MR) is 106 cm³/mol. The molecule has 0 saturated carbocycles. The summed E-state index contributed by atoms with van der Waals surface area (Å²) in [4.78, 5) is 16.8. The van der Waals surface area contributed by atoms with E-state index in [1.54, 1.807) is 23.2 Å². The summed E-state index contributed by atoms with van der Waals surface area (Å²) in [7, 11) is 0. The summed E-state index contributed by atoms with van der Waals surface area (Å²) < 4.78 is 14.9. The van der Waals surface area contributed by atoms with Gasteiger partial charge in [-0.15, -0.1) is 0 Å². The molecule has 0 atom stereocenters. The summed E-state index contributed by atoms with van der Waals surface area (Å²) in [6.45, 7) is 2.26. The zero-order valence-electron chi connectivity index (χ0n) is 14.5. The number of hydrogen-bond acceptors (Lipinski definition) is 3. The minimum absolute atomic E-state index is 0.0630. The fraction of sp³-hybridized carbons (Fsp3) is 0.200. The Morgan fingerprint density at radius 3 is 2.59 bits per heavy atom. The van der Waals surface area contributed by atoms with Crippen molar-refractivity contribution in [2.75, 3.05) is 31.1 Å². The topological polar surface area (TPSA) is 52.2 Å². The molecule has 1 N–H and O–H groups in total. The molecule has 1 aliphatic rings. The quantitative estimate of drug-likeness (QED) is 0.687. The highest BCUT2D eigenvalue weighted by molar-refractivity contribution is 9.10. The fourth-order valence-electron chi connectivity index (χ4n) is 3.34. The highest BCUT2D eigenvalue weighted by Crippen LogP contribution is 2.26. The van der Waals surface area contributed by atoms with E-state index in [2.05, 4.69) is 26.1 Å². The van der Waals surface area contributed by atoms with Crippen LogP contribution in [0.2, 0.25) is 0 Å². The van der Waals surface area contributed by atoms with Crippen LogP contribution >= 0.6 is 15.9 Å². The van der Waals surface area contributed by atoms with E-state index < -0.39 is 0 Å². The van der Waals surface area contributed by atoms with E-state index in [4.69, 9.17) is 0 Å². The molecular formula is C20H18BrFN4O. The Balaban J connectivity index is 1.50. The number of aromatic amines is 1. The zero-order valence-corrected chi connectivity index (χ0v) is 16.1. The van der Waals surface area contributed by atoms with Crippen molar-refractivity contribution in [1.82, 2.24) is 15.1 Å². The van der Waals surface area contributed by atoms with Gasteiger partial charge in [0.15, 0.2) is 0 Å². The summed E-state index contributed by atoms with van der Waals surface area (Å²) in [5.41, 5.74) is 2.74. The lowest BCUT2D eigenvalue weighted by Gasteiger charge is -2.36. The largest absolute Gasteiger partial charge is 0.366 e. The van der Waals surface area contributed by atoms with Crippen LogP contribution in [0, 0.1) is 5.82 Å². The third-order valence-corrected chi connectivity index (χ3v) is 5.24. The van der Waals surface area contributed by atoms with E-state index in [-0.39, 0.29) is 11.7 Å². The van der Waals surface area contributed by atoms with Gasteiger partial charge in [-0.05, 0) is 24.3 Å². The standard InChI is InChI=1S/C20H18BrFN4O/c21-15-5-3-4-14(12-15)19-16(13-23-24-19)20(27)26-10-8-25(9-11-26)18-7-2-1-6-17(18)22/h1-7,12-13H,8-11H2,(H,23,24).